The Morgan fingerprint density at radius 3 is 2.79 bits per heavy atom. The van der Waals surface area contributed by atoms with E-state index < -0.39 is 0 Å². The number of carbonyl (C=O) groups is 1. The van der Waals surface area contributed by atoms with Gasteiger partial charge in [-0.15, -0.1) is 0 Å². The minimum atomic E-state index is -0.209. The molecular formula is C18H25ClN2O3. The normalized spacial score (nSPS) is 24.3. The summed E-state index contributed by atoms with van der Waals surface area (Å²) in [5.41, 5.74) is 0.864. The van der Waals surface area contributed by atoms with Crippen LogP contribution in [-0.2, 0) is 16.1 Å². The third-order valence-corrected chi connectivity index (χ3v) is 5.47. The van der Waals surface area contributed by atoms with E-state index in [9.17, 15) is 4.79 Å². The fraction of sp³-hybridized carbons (Fsp3) is 0.611. The van der Waals surface area contributed by atoms with Crippen LogP contribution in [0, 0.1) is 5.41 Å². The van der Waals surface area contributed by atoms with E-state index >= 15 is 0 Å². The summed E-state index contributed by atoms with van der Waals surface area (Å²) in [5.74, 6) is 1.14. The van der Waals surface area contributed by atoms with Crippen LogP contribution in [0.5, 0.6) is 5.75 Å². The highest BCUT2D eigenvalue weighted by Crippen LogP contribution is 2.41. The molecule has 0 aliphatic carbocycles. The molecule has 0 bridgehead atoms. The van der Waals surface area contributed by atoms with Crippen LogP contribution in [0.2, 0.25) is 5.02 Å². The van der Waals surface area contributed by atoms with Gasteiger partial charge < -0.3 is 14.4 Å². The van der Waals surface area contributed by atoms with E-state index in [1.54, 1.807) is 14.2 Å². The Bertz CT molecular complexity index is 610. The zero-order valence-electron chi connectivity index (χ0n) is 14.4. The summed E-state index contributed by atoms with van der Waals surface area (Å²) in [4.78, 5) is 17.1. The van der Waals surface area contributed by atoms with Crippen molar-refractivity contribution in [3.05, 3.63) is 28.8 Å². The fourth-order valence-corrected chi connectivity index (χ4v) is 4.09. The summed E-state index contributed by atoms with van der Waals surface area (Å²) in [6, 6.07) is 5.69. The molecule has 24 heavy (non-hydrogen) atoms. The third-order valence-electron chi connectivity index (χ3n) is 5.24. The lowest BCUT2D eigenvalue weighted by Gasteiger charge is -2.24. The van der Waals surface area contributed by atoms with Gasteiger partial charge in [-0.3, -0.25) is 9.69 Å². The predicted molar refractivity (Wildman–Crippen MR) is 93.4 cm³/mol. The lowest BCUT2D eigenvalue weighted by atomic mass is 9.85. The highest BCUT2D eigenvalue weighted by atomic mass is 35.5. The maximum absolute atomic E-state index is 12.8. The first kappa shape index (κ1) is 17.5. The molecule has 2 heterocycles. The molecule has 2 aliphatic heterocycles. The Balaban J connectivity index is 1.66. The number of hydrogen-bond acceptors (Lipinski definition) is 4. The second-order valence-electron chi connectivity index (χ2n) is 6.73. The Labute approximate surface area is 148 Å². The molecule has 1 spiro atoms. The van der Waals surface area contributed by atoms with Crippen LogP contribution in [0.4, 0.5) is 0 Å². The van der Waals surface area contributed by atoms with Gasteiger partial charge in [0.2, 0.25) is 5.91 Å². The topological polar surface area (TPSA) is 42.0 Å². The number of nitrogens with zero attached hydrogens (tertiary/aromatic N) is 2. The monoisotopic (exact) mass is 352 g/mol. The Kier molecular flexibility index (Phi) is 5.33. The van der Waals surface area contributed by atoms with Gasteiger partial charge in [-0.05, 0) is 37.6 Å². The summed E-state index contributed by atoms with van der Waals surface area (Å²) in [5, 5.41) is 0.711. The third kappa shape index (κ3) is 3.39. The van der Waals surface area contributed by atoms with Crippen molar-refractivity contribution in [1.29, 1.82) is 0 Å². The molecule has 0 saturated carbocycles. The van der Waals surface area contributed by atoms with Gasteiger partial charge in [0.05, 0.1) is 19.1 Å². The van der Waals surface area contributed by atoms with E-state index in [0.29, 0.717) is 24.1 Å². The second-order valence-corrected chi connectivity index (χ2v) is 7.17. The van der Waals surface area contributed by atoms with Crippen LogP contribution in [0.1, 0.15) is 18.4 Å². The molecular weight excluding hydrogens is 328 g/mol. The van der Waals surface area contributed by atoms with E-state index in [-0.39, 0.29) is 5.41 Å². The Hall–Kier alpha value is -1.30. The van der Waals surface area contributed by atoms with Crippen molar-refractivity contribution in [3.8, 4) is 5.75 Å². The molecule has 5 nitrogen and oxygen atoms in total. The summed E-state index contributed by atoms with van der Waals surface area (Å²) in [6.07, 6.45) is 1.87. The first-order valence-electron chi connectivity index (χ1n) is 8.41. The molecule has 6 heteroatoms. The standard InChI is InChI=1S/C18H25ClN2O3/c1-23-10-9-21-8-6-18(17(21)22)5-7-20(13-18)12-14-11-15(19)3-4-16(14)24-2/h3-4,11H,5-10,12-13H2,1-2H3. The molecule has 2 aliphatic rings. The van der Waals surface area contributed by atoms with Gasteiger partial charge in [0.1, 0.15) is 5.75 Å². The van der Waals surface area contributed by atoms with Crippen molar-refractivity contribution >= 4 is 17.5 Å². The quantitative estimate of drug-likeness (QED) is 0.788. The van der Waals surface area contributed by atoms with Crippen LogP contribution < -0.4 is 4.74 Å². The van der Waals surface area contributed by atoms with Gasteiger partial charge in [-0.1, -0.05) is 11.6 Å². The molecule has 1 amide bonds. The van der Waals surface area contributed by atoms with E-state index in [0.717, 1.165) is 50.3 Å². The number of likely N-dealkylation sites (tertiary alicyclic amines) is 2. The molecule has 2 fully saturated rings. The number of methoxy groups -OCH3 is 2. The minimum absolute atomic E-state index is 0.209. The van der Waals surface area contributed by atoms with Gasteiger partial charge in [0.25, 0.3) is 0 Å². The van der Waals surface area contributed by atoms with E-state index in [4.69, 9.17) is 21.1 Å². The molecule has 3 rings (SSSR count). The summed E-state index contributed by atoms with van der Waals surface area (Å²) in [6.45, 7) is 4.64. The zero-order chi connectivity index (χ0) is 17.2. The molecule has 1 aromatic rings. The fourth-order valence-electron chi connectivity index (χ4n) is 3.89. The molecule has 0 radical (unpaired) electrons. The number of carbonyl (C=O) groups excluding carboxylic acids is 1. The lowest BCUT2D eigenvalue weighted by Crippen LogP contribution is -2.38. The first-order chi connectivity index (χ1) is 11.6. The van der Waals surface area contributed by atoms with Crippen molar-refractivity contribution in [1.82, 2.24) is 9.80 Å². The number of ether oxygens (including phenoxy) is 2. The number of benzene rings is 1. The summed E-state index contributed by atoms with van der Waals surface area (Å²) >= 11 is 6.12. The van der Waals surface area contributed by atoms with Crippen molar-refractivity contribution in [3.63, 3.8) is 0 Å². The predicted octanol–water partition coefficient (Wildman–Crippen LogP) is 2.42. The Morgan fingerprint density at radius 2 is 2.04 bits per heavy atom. The van der Waals surface area contributed by atoms with Crippen LogP contribution in [0.15, 0.2) is 18.2 Å². The molecule has 0 N–H and O–H groups in total. The molecule has 1 aromatic carbocycles. The van der Waals surface area contributed by atoms with Gasteiger partial charge in [-0.25, -0.2) is 0 Å². The van der Waals surface area contributed by atoms with E-state index in [1.165, 1.54) is 0 Å². The molecule has 1 unspecified atom stereocenters. The summed E-state index contributed by atoms with van der Waals surface area (Å²) < 4.78 is 10.5. The number of rotatable bonds is 6. The number of hydrogen-bond donors (Lipinski definition) is 0. The molecule has 132 valence electrons. The summed E-state index contributed by atoms with van der Waals surface area (Å²) in [7, 11) is 3.35. The number of amides is 1. The second kappa shape index (κ2) is 7.30. The van der Waals surface area contributed by atoms with Crippen molar-refractivity contribution < 1.29 is 14.3 Å². The van der Waals surface area contributed by atoms with Gasteiger partial charge in [-0.2, -0.15) is 0 Å². The van der Waals surface area contributed by atoms with E-state index in [1.807, 2.05) is 23.1 Å². The van der Waals surface area contributed by atoms with Crippen LogP contribution in [-0.4, -0.2) is 62.7 Å². The van der Waals surface area contributed by atoms with Gasteiger partial charge in [0.15, 0.2) is 0 Å². The number of halogens is 1. The van der Waals surface area contributed by atoms with Crippen molar-refractivity contribution in [2.24, 2.45) is 5.41 Å². The van der Waals surface area contributed by atoms with Gasteiger partial charge >= 0.3 is 0 Å². The van der Waals surface area contributed by atoms with Crippen LogP contribution in [0.25, 0.3) is 0 Å². The highest BCUT2D eigenvalue weighted by Gasteiger charge is 2.50. The highest BCUT2D eigenvalue weighted by molar-refractivity contribution is 6.30. The molecule has 2 saturated heterocycles. The zero-order valence-corrected chi connectivity index (χ0v) is 15.1. The van der Waals surface area contributed by atoms with E-state index in [2.05, 4.69) is 4.90 Å². The maximum Gasteiger partial charge on any atom is 0.230 e. The maximum atomic E-state index is 12.8. The van der Waals surface area contributed by atoms with Crippen molar-refractivity contribution in [2.45, 2.75) is 19.4 Å². The SMILES string of the molecule is COCCN1CCC2(CCN(Cc3cc(Cl)ccc3OC)C2)C1=O. The average Bonchev–Trinajstić information content (AvgIpc) is 3.11. The largest absolute Gasteiger partial charge is 0.496 e. The Morgan fingerprint density at radius 1 is 1.25 bits per heavy atom. The molecule has 1 atom stereocenters. The lowest BCUT2D eigenvalue weighted by molar-refractivity contribution is -0.136. The van der Waals surface area contributed by atoms with Crippen LogP contribution in [0.3, 0.4) is 0 Å². The van der Waals surface area contributed by atoms with Crippen molar-refractivity contribution in [2.75, 3.05) is 47.0 Å². The van der Waals surface area contributed by atoms with Crippen LogP contribution >= 0.6 is 11.6 Å². The minimum Gasteiger partial charge on any atom is -0.496 e. The van der Waals surface area contributed by atoms with Gasteiger partial charge in [0, 0.05) is 43.9 Å². The smallest absolute Gasteiger partial charge is 0.230 e. The first-order valence-corrected chi connectivity index (χ1v) is 8.79. The average molecular weight is 353 g/mol. The molecule has 0 aromatic heterocycles.